The van der Waals surface area contributed by atoms with Crippen molar-refractivity contribution in [3.63, 3.8) is 0 Å². The minimum atomic E-state index is -0.00561. The average Bonchev–Trinajstić information content (AvgIpc) is 2.81. The first-order chi connectivity index (χ1) is 15.2. The van der Waals surface area contributed by atoms with Gasteiger partial charge in [-0.2, -0.15) is 0 Å². The van der Waals surface area contributed by atoms with Crippen LogP contribution in [0.25, 0.3) is 0 Å². The summed E-state index contributed by atoms with van der Waals surface area (Å²) in [5.74, 6) is 2.24. The molecular formula is C25H28N3O3+. The number of nitrogens with one attached hydrogen (secondary N) is 2. The predicted molar refractivity (Wildman–Crippen MR) is 122 cm³/mol. The first kappa shape index (κ1) is 20.8. The monoisotopic (exact) mass is 418 g/mol. The van der Waals surface area contributed by atoms with E-state index in [0.29, 0.717) is 18.0 Å². The van der Waals surface area contributed by atoms with Crippen molar-refractivity contribution < 1.29 is 19.2 Å². The number of nitrogens with zero attached hydrogens (tertiary/aromatic N) is 1. The Labute approximate surface area is 183 Å². The first-order valence-corrected chi connectivity index (χ1v) is 10.6. The maximum Gasteiger partial charge on any atom is 0.279 e. The van der Waals surface area contributed by atoms with Crippen LogP contribution in [-0.4, -0.2) is 45.7 Å². The van der Waals surface area contributed by atoms with E-state index < -0.39 is 0 Å². The summed E-state index contributed by atoms with van der Waals surface area (Å²) < 4.78 is 11.3. The highest BCUT2D eigenvalue weighted by Crippen LogP contribution is 2.29. The zero-order valence-electron chi connectivity index (χ0n) is 17.7. The van der Waals surface area contributed by atoms with Gasteiger partial charge in [-0.15, -0.1) is 0 Å². The highest BCUT2D eigenvalue weighted by molar-refractivity contribution is 5.93. The summed E-state index contributed by atoms with van der Waals surface area (Å²) in [5.41, 5.74) is 1.85. The van der Waals surface area contributed by atoms with Crippen molar-refractivity contribution in [3.8, 4) is 17.2 Å². The molecule has 6 heteroatoms. The van der Waals surface area contributed by atoms with Gasteiger partial charge in [0.1, 0.15) is 11.5 Å². The quantitative estimate of drug-likeness (QED) is 0.620. The fourth-order valence-electron chi connectivity index (χ4n) is 3.76. The van der Waals surface area contributed by atoms with Crippen LogP contribution in [0.15, 0.2) is 78.9 Å². The Morgan fingerprint density at radius 3 is 2.42 bits per heavy atom. The van der Waals surface area contributed by atoms with Gasteiger partial charge in [0.2, 0.25) is 0 Å². The highest BCUT2D eigenvalue weighted by Gasteiger charge is 2.23. The van der Waals surface area contributed by atoms with Crippen LogP contribution >= 0.6 is 0 Å². The van der Waals surface area contributed by atoms with Crippen LogP contribution in [0.1, 0.15) is 0 Å². The normalized spacial score (nSPS) is 14.2. The minimum Gasteiger partial charge on any atom is -0.497 e. The van der Waals surface area contributed by atoms with Crippen molar-refractivity contribution in [2.24, 2.45) is 0 Å². The number of quaternary nitrogens is 1. The number of amides is 1. The van der Waals surface area contributed by atoms with Crippen molar-refractivity contribution >= 4 is 17.3 Å². The molecular weight excluding hydrogens is 390 g/mol. The van der Waals surface area contributed by atoms with Gasteiger partial charge in [-0.3, -0.25) is 4.79 Å². The summed E-state index contributed by atoms with van der Waals surface area (Å²) >= 11 is 0. The van der Waals surface area contributed by atoms with Crippen LogP contribution < -0.4 is 24.6 Å². The van der Waals surface area contributed by atoms with Crippen LogP contribution in [0.5, 0.6) is 17.2 Å². The maximum atomic E-state index is 12.7. The molecule has 160 valence electrons. The Kier molecular flexibility index (Phi) is 6.69. The van der Waals surface area contributed by atoms with E-state index in [1.807, 2.05) is 66.7 Å². The van der Waals surface area contributed by atoms with Crippen LogP contribution in [-0.2, 0) is 4.79 Å². The third-order valence-electron chi connectivity index (χ3n) is 5.43. The van der Waals surface area contributed by atoms with Gasteiger partial charge in [-0.05, 0) is 36.4 Å². The summed E-state index contributed by atoms with van der Waals surface area (Å²) in [6.07, 6.45) is 0. The fraction of sp³-hybridized carbons (Fsp3) is 0.240. The molecule has 3 aromatic rings. The molecule has 4 rings (SSSR count). The molecule has 0 bridgehead atoms. The molecule has 0 radical (unpaired) electrons. The number of hydrogen-bond donors (Lipinski definition) is 2. The van der Waals surface area contributed by atoms with Crippen molar-refractivity contribution in [2.75, 3.05) is 50.1 Å². The van der Waals surface area contributed by atoms with Crippen LogP contribution in [0.3, 0.4) is 0 Å². The Morgan fingerprint density at radius 1 is 0.935 bits per heavy atom. The molecule has 0 unspecified atom stereocenters. The lowest BCUT2D eigenvalue weighted by atomic mass is 10.2. The van der Waals surface area contributed by atoms with E-state index in [-0.39, 0.29) is 5.91 Å². The third kappa shape index (κ3) is 5.55. The zero-order valence-corrected chi connectivity index (χ0v) is 17.7. The van der Waals surface area contributed by atoms with Crippen molar-refractivity contribution in [1.82, 2.24) is 0 Å². The van der Waals surface area contributed by atoms with E-state index in [1.165, 1.54) is 4.90 Å². The van der Waals surface area contributed by atoms with Crippen molar-refractivity contribution in [2.45, 2.75) is 0 Å². The number of ether oxygens (including phenoxy) is 2. The number of anilines is 2. The average molecular weight is 419 g/mol. The molecule has 6 nitrogen and oxygen atoms in total. The summed E-state index contributed by atoms with van der Waals surface area (Å²) in [4.78, 5) is 16.3. The smallest absolute Gasteiger partial charge is 0.279 e. The van der Waals surface area contributed by atoms with Crippen LogP contribution in [0.4, 0.5) is 11.4 Å². The molecule has 1 aliphatic rings. The van der Waals surface area contributed by atoms with Gasteiger partial charge in [0, 0.05) is 11.8 Å². The number of hydrogen-bond acceptors (Lipinski definition) is 4. The SMILES string of the molecule is COc1cccc(N2CC[NH+](CC(=O)Nc3ccccc3Oc3ccccc3)CC2)c1. The Bertz CT molecular complexity index is 1000. The molecule has 3 aromatic carbocycles. The van der Waals surface area contributed by atoms with Crippen molar-refractivity contribution in [1.29, 1.82) is 0 Å². The van der Waals surface area contributed by atoms with Crippen LogP contribution in [0.2, 0.25) is 0 Å². The van der Waals surface area contributed by atoms with Gasteiger partial charge in [-0.25, -0.2) is 0 Å². The Hall–Kier alpha value is -3.51. The number of methoxy groups -OCH3 is 1. The van der Waals surface area contributed by atoms with Gasteiger partial charge in [0.05, 0.1) is 39.0 Å². The van der Waals surface area contributed by atoms with E-state index in [4.69, 9.17) is 9.47 Å². The molecule has 1 heterocycles. The number of para-hydroxylation sites is 3. The highest BCUT2D eigenvalue weighted by atomic mass is 16.5. The zero-order chi connectivity index (χ0) is 21.5. The second-order valence-electron chi connectivity index (χ2n) is 7.57. The number of rotatable bonds is 7. The summed E-state index contributed by atoms with van der Waals surface area (Å²) in [7, 11) is 1.68. The lowest BCUT2D eigenvalue weighted by Gasteiger charge is -2.33. The predicted octanol–water partition coefficient (Wildman–Crippen LogP) is 2.83. The first-order valence-electron chi connectivity index (χ1n) is 10.6. The molecule has 31 heavy (non-hydrogen) atoms. The summed E-state index contributed by atoms with van der Waals surface area (Å²) in [5, 5.41) is 3.02. The molecule has 1 fully saturated rings. The lowest BCUT2D eigenvalue weighted by molar-refractivity contribution is -0.892. The molecule has 0 spiro atoms. The van der Waals surface area contributed by atoms with Crippen molar-refractivity contribution in [3.05, 3.63) is 78.9 Å². The van der Waals surface area contributed by atoms with E-state index in [0.717, 1.165) is 43.4 Å². The Balaban J connectivity index is 1.31. The molecule has 0 aliphatic carbocycles. The van der Waals surface area contributed by atoms with Gasteiger partial charge in [0.15, 0.2) is 12.3 Å². The summed E-state index contributed by atoms with van der Waals surface area (Å²) in [6, 6.07) is 25.2. The van der Waals surface area contributed by atoms with Gasteiger partial charge < -0.3 is 24.6 Å². The second kappa shape index (κ2) is 10.00. The topological polar surface area (TPSA) is 55.2 Å². The molecule has 0 atom stereocenters. The molecule has 0 aromatic heterocycles. The van der Waals surface area contributed by atoms with E-state index in [9.17, 15) is 4.79 Å². The minimum absolute atomic E-state index is 0.00561. The number of carbonyl (C=O) groups excluding carboxylic acids is 1. The lowest BCUT2D eigenvalue weighted by Crippen LogP contribution is -3.15. The number of benzene rings is 3. The number of carbonyl (C=O) groups is 1. The standard InChI is InChI=1S/C25H27N3O3/c1-30-22-11-7-8-20(18-22)28-16-14-27(15-17-28)19-25(29)26-23-12-5-6-13-24(23)31-21-9-3-2-4-10-21/h2-13,18H,14-17,19H2,1H3,(H,26,29)/p+1. The second-order valence-corrected chi connectivity index (χ2v) is 7.57. The largest absolute Gasteiger partial charge is 0.497 e. The van der Waals surface area contributed by atoms with E-state index in [1.54, 1.807) is 7.11 Å². The fourth-order valence-corrected chi connectivity index (χ4v) is 3.76. The molecule has 1 aliphatic heterocycles. The molecule has 1 amide bonds. The molecule has 2 N–H and O–H groups in total. The van der Waals surface area contributed by atoms with Gasteiger partial charge in [0.25, 0.3) is 5.91 Å². The maximum absolute atomic E-state index is 12.7. The van der Waals surface area contributed by atoms with E-state index >= 15 is 0 Å². The Morgan fingerprint density at radius 2 is 1.65 bits per heavy atom. The van der Waals surface area contributed by atoms with Crippen LogP contribution in [0, 0.1) is 0 Å². The van der Waals surface area contributed by atoms with E-state index in [2.05, 4.69) is 22.3 Å². The van der Waals surface area contributed by atoms with Gasteiger partial charge in [-0.1, -0.05) is 36.4 Å². The molecule has 1 saturated heterocycles. The summed E-state index contributed by atoms with van der Waals surface area (Å²) in [6.45, 7) is 4.07. The number of piperazine rings is 1. The van der Waals surface area contributed by atoms with Gasteiger partial charge >= 0.3 is 0 Å². The third-order valence-corrected chi connectivity index (χ3v) is 5.43. The molecule has 0 saturated carbocycles.